The van der Waals surface area contributed by atoms with E-state index in [0.29, 0.717) is 22.1 Å². The van der Waals surface area contributed by atoms with Crippen molar-refractivity contribution in [3.8, 4) is 0 Å². The topological polar surface area (TPSA) is 84.0 Å². The number of carbonyl (C=O) groups excluding carboxylic acids is 4. The Morgan fingerprint density at radius 1 is 1.23 bits per heavy atom. The van der Waals surface area contributed by atoms with Gasteiger partial charge in [0.05, 0.1) is 24.2 Å². The Morgan fingerprint density at radius 2 is 1.88 bits per heavy atom. The Bertz CT molecular complexity index is 749. The number of benzene rings is 1. The molecule has 0 aromatic heterocycles. The van der Waals surface area contributed by atoms with Gasteiger partial charge in [-0.05, 0) is 25.1 Å². The molecule has 0 saturated heterocycles. The SMILES string of the molecule is CCN(CC(C)C(=O)OC)C(=O)CCN1C(=O)c2ccc(Br)cc2C1=O. The number of imide groups is 1. The first-order valence-corrected chi connectivity index (χ1v) is 9.10. The van der Waals surface area contributed by atoms with E-state index in [1.54, 1.807) is 32.0 Å². The van der Waals surface area contributed by atoms with Gasteiger partial charge in [0, 0.05) is 30.5 Å². The summed E-state index contributed by atoms with van der Waals surface area (Å²) in [7, 11) is 1.30. The van der Waals surface area contributed by atoms with E-state index in [-0.39, 0.29) is 31.4 Å². The smallest absolute Gasteiger partial charge is 0.310 e. The van der Waals surface area contributed by atoms with Gasteiger partial charge in [0.1, 0.15) is 0 Å². The molecule has 0 aliphatic carbocycles. The lowest BCUT2D eigenvalue weighted by molar-refractivity contribution is -0.146. The number of esters is 1. The van der Waals surface area contributed by atoms with Gasteiger partial charge in [0.2, 0.25) is 5.91 Å². The van der Waals surface area contributed by atoms with Gasteiger partial charge in [-0.3, -0.25) is 24.1 Å². The van der Waals surface area contributed by atoms with E-state index in [1.165, 1.54) is 12.0 Å². The summed E-state index contributed by atoms with van der Waals surface area (Å²) in [5.74, 6) is -1.84. The van der Waals surface area contributed by atoms with Crippen LogP contribution in [-0.2, 0) is 14.3 Å². The fourth-order valence-corrected chi connectivity index (χ4v) is 3.21. The molecule has 7 nitrogen and oxygen atoms in total. The normalized spacial score (nSPS) is 14.2. The molecule has 8 heteroatoms. The lowest BCUT2D eigenvalue weighted by atomic mass is 10.1. The zero-order valence-electron chi connectivity index (χ0n) is 15.0. The average Bonchev–Trinajstić information content (AvgIpc) is 2.86. The molecule has 0 saturated carbocycles. The maximum absolute atomic E-state index is 12.4. The van der Waals surface area contributed by atoms with E-state index in [0.717, 1.165) is 4.90 Å². The minimum absolute atomic E-state index is 0.00586. The maximum atomic E-state index is 12.4. The Balaban J connectivity index is 1.99. The second-order valence-corrected chi connectivity index (χ2v) is 6.97. The molecular weight excluding hydrogens is 404 g/mol. The second kappa shape index (κ2) is 8.44. The number of nitrogens with zero attached hydrogens (tertiary/aromatic N) is 2. The summed E-state index contributed by atoms with van der Waals surface area (Å²) >= 11 is 3.28. The number of fused-ring (bicyclic) bond motifs is 1. The van der Waals surface area contributed by atoms with Crippen molar-refractivity contribution in [3.05, 3.63) is 33.8 Å². The Kier molecular flexibility index (Phi) is 6.52. The average molecular weight is 425 g/mol. The standard InChI is InChI=1S/C18H21BrN2O5/c1-4-20(10-11(2)18(25)26-3)15(22)7-8-21-16(23)13-6-5-12(19)9-14(13)17(21)24/h5-6,9,11H,4,7-8,10H2,1-3H3. The fourth-order valence-electron chi connectivity index (χ4n) is 2.85. The summed E-state index contributed by atoms with van der Waals surface area (Å²) in [5.41, 5.74) is 0.681. The number of carbonyl (C=O) groups is 4. The quantitative estimate of drug-likeness (QED) is 0.494. The Labute approximate surface area is 160 Å². The van der Waals surface area contributed by atoms with Crippen molar-refractivity contribution in [3.63, 3.8) is 0 Å². The van der Waals surface area contributed by atoms with Gasteiger partial charge in [-0.25, -0.2) is 0 Å². The molecule has 1 aromatic rings. The number of methoxy groups -OCH3 is 1. The van der Waals surface area contributed by atoms with Crippen LogP contribution in [-0.4, -0.2) is 60.2 Å². The van der Waals surface area contributed by atoms with Gasteiger partial charge < -0.3 is 9.64 Å². The van der Waals surface area contributed by atoms with E-state index in [2.05, 4.69) is 20.7 Å². The van der Waals surface area contributed by atoms with Crippen LogP contribution in [0.25, 0.3) is 0 Å². The molecule has 2 rings (SSSR count). The van der Waals surface area contributed by atoms with Crippen molar-refractivity contribution in [1.82, 2.24) is 9.80 Å². The Hall–Kier alpha value is -2.22. The van der Waals surface area contributed by atoms with E-state index >= 15 is 0 Å². The molecule has 140 valence electrons. The van der Waals surface area contributed by atoms with Crippen LogP contribution in [0.4, 0.5) is 0 Å². The number of rotatable bonds is 7. The van der Waals surface area contributed by atoms with Crippen LogP contribution in [0.2, 0.25) is 0 Å². The van der Waals surface area contributed by atoms with Crippen LogP contribution in [0.3, 0.4) is 0 Å². The molecule has 1 aliphatic rings. The number of amides is 3. The molecule has 3 amide bonds. The van der Waals surface area contributed by atoms with Crippen molar-refractivity contribution >= 4 is 39.6 Å². The molecule has 1 atom stereocenters. The highest BCUT2D eigenvalue weighted by atomic mass is 79.9. The first-order valence-electron chi connectivity index (χ1n) is 8.31. The van der Waals surface area contributed by atoms with Gasteiger partial charge in [-0.15, -0.1) is 0 Å². The summed E-state index contributed by atoms with van der Waals surface area (Å²) in [6.07, 6.45) is 0.00830. The minimum atomic E-state index is -0.444. The molecular formula is C18H21BrN2O5. The van der Waals surface area contributed by atoms with Crippen LogP contribution in [0.1, 0.15) is 41.0 Å². The highest BCUT2D eigenvalue weighted by Crippen LogP contribution is 2.26. The molecule has 1 unspecified atom stereocenters. The van der Waals surface area contributed by atoms with Crippen molar-refractivity contribution in [2.24, 2.45) is 5.92 Å². The molecule has 0 bridgehead atoms. The van der Waals surface area contributed by atoms with Crippen molar-refractivity contribution in [2.45, 2.75) is 20.3 Å². The van der Waals surface area contributed by atoms with Crippen molar-refractivity contribution < 1.29 is 23.9 Å². The largest absolute Gasteiger partial charge is 0.469 e. The summed E-state index contributed by atoms with van der Waals surface area (Å²) in [6, 6.07) is 4.90. The number of hydrogen-bond acceptors (Lipinski definition) is 5. The zero-order valence-corrected chi connectivity index (χ0v) is 16.5. The van der Waals surface area contributed by atoms with E-state index in [4.69, 9.17) is 0 Å². The third kappa shape index (κ3) is 4.12. The summed E-state index contributed by atoms with van der Waals surface area (Å²) in [6.45, 7) is 4.16. The summed E-state index contributed by atoms with van der Waals surface area (Å²) in [4.78, 5) is 51.4. The van der Waals surface area contributed by atoms with Crippen LogP contribution < -0.4 is 0 Å². The van der Waals surface area contributed by atoms with Crippen LogP contribution in [0.15, 0.2) is 22.7 Å². The van der Waals surface area contributed by atoms with Crippen LogP contribution in [0, 0.1) is 5.92 Å². The van der Waals surface area contributed by atoms with Gasteiger partial charge >= 0.3 is 5.97 Å². The zero-order chi connectivity index (χ0) is 19.4. The van der Waals surface area contributed by atoms with Crippen LogP contribution >= 0.6 is 15.9 Å². The highest BCUT2D eigenvalue weighted by molar-refractivity contribution is 9.10. The summed E-state index contributed by atoms with van der Waals surface area (Å²) < 4.78 is 5.39. The lowest BCUT2D eigenvalue weighted by Crippen LogP contribution is -2.40. The fraction of sp³-hybridized carbons (Fsp3) is 0.444. The lowest BCUT2D eigenvalue weighted by Gasteiger charge is -2.24. The molecule has 0 N–H and O–H groups in total. The monoisotopic (exact) mass is 424 g/mol. The molecule has 0 radical (unpaired) electrons. The Morgan fingerprint density at radius 3 is 2.50 bits per heavy atom. The van der Waals surface area contributed by atoms with Crippen LogP contribution in [0.5, 0.6) is 0 Å². The molecule has 1 aliphatic heterocycles. The molecule has 1 heterocycles. The first kappa shape index (κ1) is 20.1. The molecule has 0 spiro atoms. The molecule has 1 aromatic carbocycles. The predicted octanol–water partition coefficient (Wildman–Crippen LogP) is 2.09. The number of halogens is 1. The van der Waals surface area contributed by atoms with E-state index < -0.39 is 17.7 Å². The first-order chi connectivity index (χ1) is 12.3. The van der Waals surface area contributed by atoms with Gasteiger partial charge in [-0.2, -0.15) is 0 Å². The number of hydrogen-bond donors (Lipinski definition) is 0. The van der Waals surface area contributed by atoms with Crippen molar-refractivity contribution in [2.75, 3.05) is 26.7 Å². The third-order valence-corrected chi connectivity index (χ3v) is 4.81. The van der Waals surface area contributed by atoms with Gasteiger partial charge in [0.15, 0.2) is 0 Å². The number of ether oxygens (including phenoxy) is 1. The van der Waals surface area contributed by atoms with E-state index in [1.807, 2.05) is 0 Å². The molecule has 26 heavy (non-hydrogen) atoms. The minimum Gasteiger partial charge on any atom is -0.469 e. The maximum Gasteiger partial charge on any atom is 0.310 e. The predicted molar refractivity (Wildman–Crippen MR) is 97.6 cm³/mol. The second-order valence-electron chi connectivity index (χ2n) is 6.06. The van der Waals surface area contributed by atoms with Crippen molar-refractivity contribution in [1.29, 1.82) is 0 Å². The molecule has 0 fully saturated rings. The van der Waals surface area contributed by atoms with E-state index in [9.17, 15) is 19.2 Å². The van der Waals surface area contributed by atoms with Gasteiger partial charge in [-0.1, -0.05) is 22.9 Å². The highest BCUT2D eigenvalue weighted by Gasteiger charge is 2.35. The summed E-state index contributed by atoms with van der Waals surface area (Å²) in [5, 5.41) is 0. The third-order valence-electron chi connectivity index (χ3n) is 4.31. The van der Waals surface area contributed by atoms with Gasteiger partial charge in [0.25, 0.3) is 11.8 Å².